The molecule has 2 rings (SSSR count). The van der Waals surface area contributed by atoms with E-state index in [1.165, 1.54) is 25.7 Å². The van der Waals surface area contributed by atoms with Gasteiger partial charge >= 0.3 is 0 Å². The third-order valence-electron chi connectivity index (χ3n) is 5.21. The lowest BCUT2D eigenvalue weighted by Crippen LogP contribution is -2.54. The number of likely N-dealkylation sites (N-methyl/N-ethyl adjacent to an activating group) is 1. The summed E-state index contributed by atoms with van der Waals surface area (Å²) in [6.45, 7) is 2.88. The summed E-state index contributed by atoms with van der Waals surface area (Å²) < 4.78 is 5.28. The van der Waals surface area contributed by atoms with Gasteiger partial charge in [-0.25, -0.2) is 0 Å². The van der Waals surface area contributed by atoms with Crippen LogP contribution in [0, 0.1) is 5.41 Å². The minimum atomic E-state index is -0.374. The first-order valence-corrected chi connectivity index (χ1v) is 7.70. The fourth-order valence-corrected chi connectivity index (χ4v) is 3.65. The number of carbonyl (C=O) groups is 1. The number of hydrogen-bond donors (Lipinski definition) is 2. The van der Waals surface area contributed by atoms with Crippen LogP contribution in [0.25, 0.3) is 0 Å². The Kier molecular flexibility index (Phi) is 6.91. The third-order valence-corrected chi connectivity index (χ3v) is 5.21. The second kappa shape index (κ2) is 7.77. The Morgan fingerprint density at radius 1 is 1.29 bits per heavy atom. The molecule has 21 heavy (non-hydrogen) atoms. The molecule has 1 heterocycles. The van der Waals surface area contributed by atoms with Crippen molar-refractivity contribution in [3.8, 4) is 0 Å². The van der Waals surface area contributed by atoms with Crippen molar-refractivity contribution >= 4 is 18.3 Å². The number of hydrogen-bond acceptors (Lipinski definition) is 4. The highest BCUT2D eigenvalue weighted by Crippen LogP contribution is 2.34. The van der Waals surface area contributed by atoms with Crippen molar-refractivity contribution in [2.45, 2.75) is 37.6 Å². The maximum atomic E-state index is 12.6. The molecule has 2 aliphatic rings. The van der Waals surface area contributed by atoms with E-state index in [-0.39, 0.29) is 29.3 Å². The highest BCUT2D eigenvalue weighted by atomic mass is 35.5. The molecule has 5 nitrogen and oxygen atoms in total. The molecule has 0 aromatic carbocycles. The van der Waals surface area contributed by atoms with Crippen molar-refractivity contribution in [2.75, 3.05) is 47.4 Å². The summed E-state index contributed by atoms with van der Waals surface area (Å²) in [5, 5.41) is 6.50. The van der Waals surface area contributed by atoms with Crippen LogP contribution in [0.3, 0.4) is 0 Å². The second-order valence-electron chi connectivity index (χ2n) is 6.65. The van der Waals surface area contributed by atoms with Gasteiger partial charge in [0.2, 0.25) is 5.91 Å². The van der Waals surface area contributed by atoms with Crippen LogP contribution in [0.5, 0.6) is 0 Å². The average molecular weight is 320 g/mol. The van der Waals surface area contributed by atoms with Gasteiger partial charge in [0.1, 0.15) is 0 Å². The maximum absolute atomic E-state index is 12.6. The number of carbonyl (C=O) groups excluding carboxylic acids is 1. The Balaban J connectivity index is 0.00000220. The second-order valence-corrected chi connectivity index (χ2v) is 6.65. The Labute approximate surface area is 134 Å². The summed E-state index contributed by atoms with van der Waals surface area (Å²) in [5.41, 5.74) is -0.225. The highest BCUT2D eigenvalue weighted by molar-refractivity contribution is 5.85. The van der Waals surface area contributed by atoms with Crippen molar-refractivity contribution in [3.05, 3.63) is 0 Å². The quantitative estimate of drug-likeness (QED) is 0.767. The number of rotatable bonds is 6. The molecular formula is C15H30ClN3O2. The van der Waals surface area contributed by atoms with Gasteiger partial charge in [0, 0.05) is 25.7 Å². The molecular weight excluding hydrogens is 290 g/mol. The lowest BCUT2D eigenvalue weighted by molar-refractivity contribution is -0.133. The van der Waals surface area contributed by atoms with Crippen LogP contribution in [0.1, 0.15) is 32.1 Å². The van der Waals surface area contributed by atoms with Gasteiger partial charge in [0.25, 0.3) is 0 Å². The molecule has 0 aromatic heterocycles. The lowest BCUT2D eigenvalue weighted by atomic mass is 9.86. The van der Waals surface area contributed by atoms with E-state index in [2.05, 4.69) is 29.6 Å². The molecule has 0 radical (unpaired) electrons. The molecule has 2 fully saturated rings. The Morgan fingerprint density at radius 2 is 1.95 bits per heavy atom. The zero-order chi connectivity index (χ0) is 14.6. The molecule has 1 saturated carbocycles. The summed E-state index contributed by atoms with van der Waals surface area (Å²) in [6.07, 6.45) is 5.74. The van der Waals surface area contributed by atoms with Crippen LogP contribution < -0.4 is 10.6 Å². The highest BCUT2D eigenvalue weighted by Gasteiger charge is 2.43. The zero-order valence-corrected chi connectivity index (χ0v) is 14.4. The van der Waals surface area contributed by atoms with E-state index in [0.29, 0.717) is 6.61 Å². The molecule has 1 amide bonds. The summed E-state index contributed by atoms with van der Waals surface area (Å²) in [7, 11) is 5.92. The smallest absolute Gasteiger partial charge is 0.229 e. The summed E-state index contributed by atoms with van der Waals surface area (Å²) in [6, 6.07) is 0. The van der Waals surface area contributed by atoms with Gasteiger partial charge in [0.05, 0.1) is 12.0 Å². The molecule has 0 aromatic rings. The first kappa shape index (κ1) is 18.7. The Hall–Kier alpha value is -0.360. The Morgan fingerprint density at radius 3 is 2.43 bits per heavy atom. The van der Waals surface area contributed by atoms with E-state index in [1.54, 1.807) is 7.11 Å². The van der Waals surface area contributed by atoms with Gasteiger partial charge < -0.3 is 20.3 Å². The van der Waals surface area contributed by atoms with Gasteiger partial charge in [-0.05, 0) is 39.9 Å². The lowest BCUT2D eigenvalue weighted by Gasteiger charge is -2.37. The monoisotopic (exact) mass is 319 g/mol. The van der Waals surface area contributed by atoms with Crippen LogP contribution in [0.4, 0.5) is 0 Å². The zero-order valence-electron chi connectivity index (χ0n) is 13.5. The predicted octanol–water partition coefficient (Wildman–Crippen LogP) is 1.02. The van der Waals surface area contributed by atoms with Crippen LogP contribution >= 0.6 is 12.4 Å². The van der Waals surface area contributed by atoms with E-state index in [0.717, 1.165) is 26.1 Å². The molecule has 2 N–H and O–H groups in total. The van der Waals surface area contributed by atoms with Crippen LogP contribution in [0.2, 0.25) is 0 Å². The van der Waals surface area contributed by atoms with Gasteiger partial charge in [0.15, 0.2) is 0 Å². The van der Waals surface area contributed by atoms with E-state index < -0.39 is 0 Å². The molecule has 1 unspecified atom stereocenters. The molecule has 1 aliphatic heterocycles. The van der Waals surface area contributed by atoms with E-state index in [9.17, 15) is 4.79 Å². The third kappa shape index (κ3) is 3.89. The summed E-state index contributed by atoms with van der Waals surface area (Å²) in [5.74, 6) is 0.150. The van der Waals surface area contributed by atoms with E-state index >= 15 is 0 Å². The minimum Gasteiger partial charge on any atom is -0.384 e. The van der Waals surface area contributed by atoms with Crippen molar-refractivity contribution in [1.82, 2.24) is 15.5 Å². The van der Waals surface area contributed by atoms with Crippen molar-refractivity contribution < 1.29 is 9.53 Å². The SMILES string of the molecule is COCC1(C(=O)NCC2(N(C)C)CCCC2)CCNC1.Cl. The van der Waals surface area contributed by atoms with Crippen molar-refractivity contribution in [1.29, 1.82) is 0 Å². The maximum Gasteiger partial charge on any atom is 0.229 e. The van der Waals surface area contributed by atoms with Gasteiger partial charge in [-0.3, -0.25) is 4.79 Å². The first-order chi connectivity index (χ1) is 9.55. The molecule has 1 aliphatic carbocycles. The molecule has 6 heteroatoms. The largest absolute Gasteiger partial charge is 0.384 e. The number of methoxy groups -OCH3 is 1. The number of halogens is 1. The van der Waals surface area contributed by atoms with Crippen molar-refractivity contribution in [2.24, 2.45) is 5.41 Å². The predicted molar refractivity (Wildman–Crippen MR) is 86.9 cm³/mol. The number of ether oxygens (including phenoxy) is 1. The van der Waals surface area contributed by atoms with Gasteiger partial charge in [-0.1, -0.05) is 12.8 Å². The van der Waals surface area contributed by atoms with Crippen LogP contribution in [-0.4, -0.2) is 63.8 Å². The van der Waals surface area contributed by atoms with Gasteiger partial charge in [-0.2, -0.15) is 0 Å². The number of nitrogens with zero attached hydrogens (tertiary/aromatic N) is 1. The molecule has 1 saturated heterocycles. The molecule has 1 atom stereocenters. The molecule has 0 spiro atoms. The topological polar surface area (TPSA) is 53.6 Å². The standard InChI is InChI=1S/C15H29N3O2.ClH/c1-18(2)15(6-4-5-7-15)11-17-13(19)14(12-20-3)8-9-16-10-14;/h16H,4-12H2,1-3H3,(H,17,19);1H. The number of amides is 1. The van der Waals surface area contributed by atoms with E-state index in [1.807, 2.05) is 0 Å². The van der Waals surface area contributed by atoms with E-state index in [4.69, 9.17) is 4.74 Å². The minimum absolute atomic E-state index is 0. The number of nitrogens with one attached hydrogen (secondary N) is 2. The summed E-state index contributed by atoms with van der Waals surface area (Å²) in [4.78, 5) is 14.9. The van der Waals surface area contributed by atoms with Crippen LogP contribution in [-0.2, 0) is 9.53 Å². The first-order valence-electron chi connectivity index (χ1n) is 7.70. The van der Waals surface area contributed by atoms with Crippen molar-refractivity contribution in [3.63, 3.8) is 0 Å². The molecule has 0 bridgehead atoms. The fourth-order valence-electron chi connectivity index (χ4n) is 3.65. The summed E-state index contributed by atoms with van der Waals surface area (Å²) >= 11 is 0. The average Bonchev–Trinajstić information content (AvgIpc) is 3.06. The fraction of sp³-hybridized carbons (Fsp3) is 0.933. The van der Waals surface area contributed by atoms with Gasteiger partial charge in [-0.15, -0.1) is 12.4 Å². The Bertz CT molecular complexity index is 338. The molecule has 124 valence electrons. The van der Waals surface area contributed by atoms with Crippen LogP contribution in [0.15, 0.2) is 0 Å². The normalized spacial score (nSPS) is 27.6.